The topological polar surface area (TPSA) is 72.2 Å². The summed E-state index contributed by atoms with van der Waals surface area (Å²) in [6.45, 7) is 3.48. The molecule has 7 heteroatoms. The summed E-state index contributed by atoms with van der Waals surface area (Å²) >= 11 is 0. The lowest BCUT2D eigenvalue weighted by Gasteiger charge is -2.20. The Morgan fingerprint density at radius 3 is 2.28 bits per heavy atom. The van der Waals surface area contributed by atoms with Gasteiger partial charge >= 0.3 is 5.76 Å². The van der Waals surface area contributed by atoms with Gasteiger partial charge in [0.05, 0.1) is 10.6 Å². The van der Waals surface area contributed by atoms with E-state index in [-0.39, 0.29) is 17.8 Å². The van der Waals surface area contributed by atoms with Crippen LogP contribution in [0.3, 0.4) is 0 Å². The summed E-state index contributed by atoms with van der Waals surface area (Å²) in [6, 6.07) is 5.08. The fraction of sp³-hybridized carbons (Fsp3) is 0.455. The minimum atomic E-state index is -4.62. The second kappa shape index (κ2) is 5.62. The third kappa shape index (κ3) is 3.17. The van der Waals surface area contributed by atoms with Gasteiger partial charge in [0.25, 0.3) is 0 Å². The van der Waals surface area contributed by atoms with Gasteiger partial charge in [-0.05, 0) is 26.0 Å². The highest BCUT2D eigenvalue weighted by Crippen LogP contribution is 2.26. The van der Waals surface area contributed by atoms with Gasteiger partial charge in [-0.3, -0.25) is 0 Å². The maximum absolute atomic E-state index is 12.5. The molecule has 0 radical (unpaired) electrons. The van der Waals surface area contributed by atoms with Crippen molar-refractivity contribution in [3.63, 3.8) is 0 Å². The number of hydrogen-bond donors (Lipinski definition) is 2. The van der Waals surface area contributed by atoms with Crippen LogP contribution < -0.4 is 11.1 Å². The summed E-state index contributed by atoms with van der Waals surface area (Å²) in [4.78, 5) is -0.410. The van der Waals surface area contributed by atoms with Gasteiger partial charge in [0.2, 0.25) is 9.84 Å². The molecule has 0 aliphatic rings. The Morgan fingerprint density at radius 2 is 1.78 bits per heavy atom. The van der Waals surface area contributed by atoms with E-state index in [1.54, 1.807) is 19.9 Å². The van der Waals surface area contributed by atoms with E-state index in [0.29, 0.717) is 0 Å². The Bertz CT molecular complexity index is 504. The van der Waals surface area contributed by atoms with Crippen molar-refractivity contribution in [1.29, 1.82) is 0 Å². The number of nitrogens with one attached hydrogen (secondary N) is 1. The van der Waals surface area contributed by atoms with Gasteiger partial charge in [0.15, 0.2) is 0 Å². The van der Waals surface area contributed by atoms with Gasteiger partial charge in [-0.2, -0.15) is 8.78 Å². The molecular formula is C11H16F2N2O2S. The molecule has 4 nitrogen and oxygen atoms in total. The molecule has 0 aliphatic heterocycles. The number of anilines is 1. The quantitative estimate of drug-likeness (QED) is 0.862. The van der Waals surface area contributed by atoms with Gasteiger partial charge < -0.3 is 11.1 Å². The molecule has 0 heterocycles. The molecule has 0 aliphatic carbocycles. The minimum absolute atomic E-state index is 0.141. The van der Waals surface area contributed by atoms with Crippen LogP contribution in [0.5, 0.6) is 0 Å². The van der Waals surface area contributed by atoms with Crippen LogP contribution in [0.15, 0.2) is 29.2 Å². The average Bonchev–Trinajstić information content (AvgIpc) is 2.29. The van der Waals surface area contributed by atoms with E-state index in [0.717, 1.165) is 6.07 Å². The van der Waals surface area contributed by atoms with Crippen LogP contribution in [-0.2, 0) is 9.84 Å². The zero-order valence-electron chi connectivity index (χ0n) is 10.1. The Hall–Kier alpha value is -1.21. The molecule has 0 bridgehead atoms. The van der Waals surface area contributed by atoms with E-state index in [2.05, 4.69) is 5.32 Å². The molecule has 0 spiro atoms. The summed E-state index contributed by atoms with van der Waals surface area (Å²) in [7, 11) is -4.62. The molecule has 0 saturated heterocycles. The molecule has 1 rings (SSSR count). The number of alkyl halides is 2. The van der Waals surface area contributed by atoms with Crippen molar-refractivity contribution < 1.29 is 17.2 Å². The van der Waals surface area contributed by atoms with Crippen LogP contribution >= 0.6 is 0 Å². The van der Waals surface area contributed by atoms with Crippen molar-refractivity contribution in [2.75, 3.05) is 5.32 Å². The Kier molecular flexibility index (Phi) is 4.64. The molecule has 2 unspecified atom stereocenters. The largest absolute Gasteiger partial charge is 0.380 e. The monoisotopic (exact) mass is 278 g/mol. The van der Waals surface area contributed by atoms with Crippen LogP contribution in [0.25, 0.3) is 0 Å². The first kappa shape index (κ1) is 14.8. The number of para-hydroxylation sites is 1. The van der Waals surface area contributed by atoms with Crippen LogP contribution in [0.1, 0.15) is 13.8 Å². The molecule has 0 fully saturated rings. The average molecular weight is 278 g/mol. The first-order valence-electron chi connectivity index (χ1n) is 5.40. The highest BCUT2D eigenvalue weighted by atomic mass is 32.2. The summed E-state index contributed by atoms with van der Waals surface area (Å²) in [5.74, 6) is -3.44. The SMILES string of the molecule is CC(N)C(C)Nc1ccccc1S(=O)(=O)C(F)F. The van der Waals surface area contributed by atoms with Crippen molar-refractivity contribution in [3.8, 4) is 0 Å². The van der Waals surface area contributed by atoms with E-state index in [1.165, 1.54) is 12.1 Å². The molecule has 2 atom stereocenters. The number of halogens is 2. The lowest BCUT2D eigenvalue weighted by Crippen LogP contribution is -2.35. The number of nitrogens with two attached hydrogens (primary N) is 1. The Labute approximate surface area is 105 Å². The number of benzene rings is 1. The maximum Gasteiger partial charge on any atom is 0.341 e. The minimum Gasteiger partial charge on any atom is -0.380 e. The van der Waals surface area contributed by atoms with Gasteiger partial charge in [0.1, 0.15) is 0 Å². The predicted molar refractivity (Wildman–Crippen MR) is 66.4 cm³/mol. The molecule has 18 heavy (non-hydrogen) atoms. The van der Waals surface area contributed by atoms with Crippen molar-refractivity contribution in [3.05, 3.63) is 24.3 Å². The Balaban J connectivity index is 3.16. The van der Waals surface area contributed by atoms with E-state index < -0.39 is 20.5 Å². The van der Waals surface area contributed by atoms with Crippen LogP contribution in [0, 0.1) is 0 Å². The molecule has 1 aromatic carbocycles. The highest BCUT2D eigenvalue weighted by molar-refractivity contribution is 7.91. The normalized spacial score (nSPS) is 15.4. The smallest absolute Gasteiger partial charge is 0.341 e. The fourth-order valence-corrected chi connectivity index (χ4v) is 2.20. The standard InChI is InChI=1S/C11H16F2N2O2S/c1-7(14)8(2)15-9-5-3-4-6-10(9)18(16,17)11(12)13/h3-8,11,15H,14H2,1-2H3. The van der Waals surface area contributed by atoms with Gasteiger partial charge in [-0.1, -0.05) is 12.1 Å². The first-order chi connectivity index (χ1) is 8.26. The fourth-order valence-electron chi connectivity index (χ4n) is 1.31. The third-order valence-corrected chi connectivity index (χ3v) is 4.04. The van der Waals surface area contributed by atoms with Gasteiger partial charge in [-0.25, -0.2) is 8.42 Å². The summed E-state index contributed by atoms with van der Waals surface area (Å²) in [5.41, 5.74) is 5.78. The highest BCUT2D eigenvalue weighted by Gasteiger charge is 2.29. The van der Waals surface area contributed by atoms with E-state index in [4.69, 9.17) is 5.73 Å². The summed E-state index contributed by atoms with van der Waals surface area (Å²) < 4.78 is 48.0. The molecule has 1 aromatic rings. The second-order valence-corrected chi connectivity index (χ2v) is 5.98. The summed E-state index contributed by atoms with van der Waals surface area (Å²) in [6.07, 6.45) is 0. The van der Waals surface area contributed by atoms with E-state index >= 15 is 0 Å². The Morgan fingerprint density at radius 1 is 1.22 bits per heavy atom. The van der Waals surface area contributed by atoms with Gasteiger partial charge in [-0.15, -0.1) is 0 Å². The molecule has 3 N–H and O–H groups in total. The molecular weight excluding hydrogens is 262 g/mol. The summed E-state index contributed by atoms with van der Waals surface area (Å²) in [5, 5.41) is 2.83. The van der Waals surface area contributed by atoms with E-state index in [9.17, 15) is 17.2 Å². The lowest BCUT2D eigenvalue weighted by molar-refractivity contribution is 0.235. The number of hydrogen-bond acceptors (Lipinski definition) is 4. The predicted octanol–water partition coefficient (Wildman–Crippen LogP) is 1.83. The van der Waals surface area contributed by atoms with Crippen molar-refractivity contribution >= 4 is 15.5 Å². The van der Waals surface area contributed by atoms with Crippen LogP contribution in [0.4, 0.5) is 14.5 Å². The zero-order valence-corrected chi connectivity index (χ0v) is 10.9. The number of sulfone groups is 1. The van der Waals surface area contributed by atoms with Crippen molar-refractivity contribution in [1.82, 2.24) is 0 Å². The molecule has 0 amide bonds. The molecule has 102 valence electrons. The molecule has 0 saturated carbocycles. The lowest BCUT2D eigenvalue weighted by atomic mass is 10.2. The van der Waals surface area contributed by atoms with Gasteiger partial charge in [0, 0.05) is 12.1 Å². The number of rotatable bonds is 5. The van der Waals surface area contributed by atoms with Crippen molar-refractivity contribution in [2.24, 2.45) is 5.73 Å². The zero-order chi connectivity index (χ0) is 13.9. The third-order valence-electron chi connectivity index (χ3n) is 2.60. The maximum atomic E-state index is 12.5. The van der Waals surface area contributed by atoms with Crippen LogP contribution in [-0.4, -0.2) is 26.3 Å². The first-order valence-corrected chi connectivity index (χ1v) is 6.94. The van der Waals surface area contributed by atoms with Crippen LogP contribution in [0.2, 0.25) is 0 Å². The van der Waals surface area contributed by atoms with E-state index in [1.807, 2.05) is 0 Å². The van der Waals surface area contributed by atoms with Crippen molar-refractivity contribution in [2.45, 2.75) is 36.6 Å². The molecule has 0 aromatic heterocycles. The second-order valence-electron chi connectivity index (χ2n) is 4.09.